The van der Waals surface area contributed by atoms with Crippen molar-refractivity contribution in [3.05, 3.63) is 29.8 Å². The van der Waals surface area contributed by atoms with E-state index in [1.807, 2.05) is 0 Å². The minimum absolute atomic E-state index is 0.0260. The van der Waals surface area contributed by atoms with Crippen molar-refractivity contribution in [2.75, 3.05) is 18.5 Å². The summed E-state index contributed by atoms with van der Waals surface area (Å²) in [6.45, 7) is 0.371. The van der Waals surface area contributed by atoms with Gasteiger partial charge >= 0.3 is 6.03 Å². The normalized spacial score (nSPS) is 16.2. The van der Waals surface area contributed by atoms with Crippen LogP contribution in [0.15, 0.2) is 18.2 Å². The molecule has 1 aromatic carbocycles. The summed E-state index contributed by atoms with van der Waals surface area (Å²) in [6, 6.07) is 2.35. The van der Waals surface area contributed by atoms with E-state index in [0.29, 0.717) is 12.6 Å². The van der Waals surface area contributed by atoms with E-state index in [-0.39, 0.29) is 17.7 Å². The number of nitrogens with one attached hydrogen (secondary N) is 2. The minimum atomic E-state index is -0.826. The molecule has 0 atom stereocenters. The molecule has 2 amide bonds. The monoisotopic (exact) mass is 256 g/mol. The first-order chi connectivity index (χ1) is 8.54. The highest BCUT2D eigenvalue weighted by atomic mass is 19.1. The maximum absolute atomic E-state index is 13.2. The smallest absolute Gasteiger partial charge is 0.319 e. The molecule has 1 fully saturated rings. The first-order valence-corrected chi connectivity index (χ1v) is 5.65. The molecule has 0 radical (unpaired) electrons. The second kappa shape index (κ2) is 4.89. The predicted octanol–water partition coefficient (Wildman–Crippen LogP) is 1.86. The number of aliphatic hydroxyl groups excluding tert-OH is 1. The number of carbonyl (C=O) groups excluding carboxylic acids is 1. The van der Waals surface area contributed by atoms with E-state index in [4.69, 9.17) is 5.11 Å². The number of urea groups is 1. The third-order valence-electron chi connectivity index (χ3n) is 3.10. The third kappa shape index (κ3) is 2.95. The summed E-state index contributed by atoms with van der Waals surface area (Å²) in [7, 11) is 0. The zero-order valence-electron chi connectivity index (χ0n) is 9.67. The van der Waals surface area contributed by atoms with Crippen molar-refractivity contribution in [2.45, 2.75) is 12.8 Å². The van der Waals surface area contributed by atoms with Gasteiger partial charge < -0.3 is 15.7 Å². The van der Waals surface area contributed by atoms with Gasteiger partial charge in [-0.25, -0.2) is 13.6 Å². The Morgan fingerprint density at radius 1 is 1.39 bits per heavy atom. The van der Waals surface area contributed by atoms with Crippen LogP contribution in [0.2, 0.25) is 0 Å². The van der Waals surface area contributed by atoms with Gasteiger partial charge in [-0.05, 0) is 25.0 Å². The number of aliphatic hydroxyl groups is 1. The summed E-state index contributed by atoms with van der Waals surface area (Å²) in [5, 5.41) is 13.9. The molecule has 0 bridgehead atoms. The number of benzene rings is 1. The number of amides is 2. The van der Waals surface area contributed by atoms with E-state index < -0.39 is 17.7 Å². The van der Waals surface area contributed by atoms with Crippen molar-refractivity contribution in [1.29, 1.82) is 0 Å². The van der Waals surface area contributed by atoms with Crippen LogP contribution in [0.5, 0.6) is 0 Å². The molecule has 0 aliphatic heterocycles. The Morgan fingerprint density at radius 2 is 2.11 bits per heavy atom. The fourth-order valence-electron chi connectivity index (χ4n) is 1.59. The Hall–Kier alpha value is -1.69. The van der Waals surface area contributed by atoms with Gasteiger partial charge in [0.1, 0.15) is 11.6 Å². The number of carbonyl (C=O) groups is 1. The largest absolute Gasteiger partial charge is 0.396 e. The van der Waals surface area contributed by atoms with Crippen LogP contribution in [0.4, 0.5) is 19.3 Å². The van der Waals surface area contributed by atoms with Crippen LogP contribution in [0, 0.1) is 17.0 Å². The van der Waals surface area contributed by atoms with E-state index >= 15 is 0 Å². The van der Waals surface area contributed by atoms with E-state index in [9.17, 15) is 13.6 Å². The van der Waals surface area contributed by atoms with Crippen LogP contribution in [-0.4, -0.2) is 24.3 Å². The maximum Gasteiger partial charge on any atom is 0.319 e. The molecular formula is C12H14F2N2O2. The fraction of sp³-hybridized carbons (Fsp3) is 0.417. The minimum Gasteiger partial charge on any atom is -0.396 e. The predicted molar refractivity (Wildman–Crippen MR) is 62.1 cm³/mol. The van der Waals surface area contributed by atoms with Crippen LogP contribution in [-0.2, 0) is 0 Å². The van der Waals surface area contributed by atoms with Crippen LogP contribution in [0.25, 0.3) is 0 Å². The summed E-state index contributed by atoms with van der Waals surface area (Å²) in [5.74, 6) is -1.52. The Balaban J connectivity index is 1.87. The number of halogens is 2. The molecule has 0 aromatic heterocycles. The summed E-state index contributed by atoms with van der Waals surface area (Å²) < 4.78 is 25.9. The number of hydrogen-bond donors (Lipinski definition) is 3. The molecule has 4 nitrogen and oxygen atoms in total. The van der Waals surface area contributed by atoms with Crippen molar-refractivity contribution >= 4 is 11.7 Å². The number of anilines is 1. The lowest BCUT2D eigenvalue weighted by molar-refractivity contribution is 0.206. The highest BCUT2D eigenvalue weighted by Gasteiger charge is 2.42. The third-order valence-corrected chi connectivity index (χ3v) is 3.10. The average Bonchev–Trinajstić information content (AvgIpc) is 3.11. The molecule has 18 heavy (non-hydrogen) atoms. The van der Waals surface area contributed by atoms with Crippen LogP contribution < -0.4 is 10.6 Å². The van der Waals surface area contributed by atoms with Crippen molar-refractivity contribution in [3.8, 4) is 0 Å². The standard InChI is InChI=1S/C12H14F2N2O2/c13-8-1-2-10(9(14)5-8)16-11(18)15-6-12(7-17)3-4-12/h1-2,5,17H,3-4,6-7H2,(H2,15,16,18). The van der Waals surface area contributed by atoms with Crippen LogP contribution in [0.3, 0.4) is 0 Å². The maximum atomic E-state index is 13.2. The summed E-state index contributed by atoms with van der Waals surface area (Å²) in [4.78, 5) is 11.5. The van der Waals surface area contributed by atoms with Gasteiger partial charge in [-0.2, -0.15) is 0 Å². The molecule has 0 unspecified atom stereocenters. The average molecular weight is 256 g/mol. The van der Waals surface area contributed by atoms with E-state index in [2.05, 4.69) is 10.6 Å². The van der Waals surface area contributed by atoms with Gasteiger partial charge in [0.25, 0.3) is 0 Å². The van der Waals surface area contributed by atoms with E-state index in [0.717, 1.165) is 25.0 Å². The van der Waals surface area contributed by atoms with Crippen molar-refractivity contribution in [3.63, 3.8) is 0 Å². The lowest BCUT2D eigenvalue weighted by Crippen LogP contribution is -2.35. The molecule has 0 spiro atoms. The molecule has 0 saturated heterocycles. The van der Waals surface area contributed by atoms with Gasteiger partial charge in [0.05, 0.1) is 12.3 Å². The van der Waals surface area contributed by atoms with Gasteiger partial charge in [-0.15, -0.1) is 0 Å². The highest BCUT2D eigenvalue weighted by molar-refractivity contribution is 5.89. The number of hydrogen-bond acceptors (Lipinski definition) is 2. The first kappa shape index (κ1) is 12.8. The summed E-state index contributed by atoms with van der Waals surface area (Å²) in [5.41, 5.74) is -0.290. The molecule has 2 rings (SSSR count). The fourth-order valence-corrected chi connectivity index (χ4v) is 1.59. The SMILES string of the molecule is O=C(NCC1(CO)CC1)Nc1ccc(F)cc1F. The van der Waals surface area contributed by atoms with Crippen molar-refractivity contribution < 1.29 is 18.7 Å². The molecule has 1 saturated carbocycles. The molecule has 1 aromatic rings. The quantitative estimate of drug-likeness (QED) is 0.770. The first-order valence-electron chi connectivity index (χ1n) is 5.65. The zero-order chi connectivity index (χ0) is 13.2. The van der Waals surface area contributed by atoms with Crippen LogP contribution in [0.1, 0.15) is 12.8 Å². The van der Waals surface area contributed by atoms with Gasteiger partial charge in [-0.1, -0.05) is 0 Å². The molecule has 98 valence electrons. The second-order valence-corrected chi connectivity index (χ2v) is 4.59. The molecule has 0 heterocycles. The zero-order valence-corrected chi connectivity index (χ0v) is 9.67. The van der Waals surface area contributed by atoms with Crippen molar-refractivity contribution in [1.82, 2.24) is 5.32 Å². The Bertz CT molecular complexity index is 461. The van der Waals surface area contributed by atoms with Gasteiger partial charge in [-0.3, -0.25) is 0 Å². The lowest BCUT2D eigenvalue weighted by atomic mass is 10.1. The van der Waals surface area contributed by atoms with Gasteiger partial charge in [0, 0.05) is 18.0 Å². The molecule has 6 heteroatoms. The van der Waals surface area contributed by atoms with E-state index in [1.165, 1.54) is 0 Å². The highest BCUT2D eigenvalue weighted by Crippen LogP contribution is 2.44. The Kier molecular flexibility index (Phi) is 3.47. The topological polar surface area (TPSA) is 61.4 Å². The number of rotatable bonds is 4. The molecule has 1 aliphatic carbocycles. The van der Waals surface area contributed by atoms with Gasteiger partial charge in [0.15, 0.2) is 0 Å². The Morgan fingerprint density at radius 3 is 2.67 bits per heavy atom. The Labute approximate surface area is 103 Å². The second-order valence-electron chi connectivity index (χ2n) is 4.59. The molecule has 3 N–H and O–H groups in total. The molecule has 1 aliphatic rings. The van der Waals surface area contributed by atoms with E-state index in [1.54, 1.807) is 0 Å². The van der Waals surface area contributed by atoms with Crippen molar-refractivity contribution in [2.24, 2.45) is 5.41 Å². The van der Waals surface area contributed by atoms with Crippen LogP contribution >= 0.6 is 0 Å². The summed E-state index contributed by atoms with van der Waals surface area (Å²) in [6.07, 6.45) is 1.74. The summed E-state index contributed by atoms with van der Waals surface area (Å²) >= 11 is 0. The van der Waals surface area contributed by atoms with Gasteiger partial charge in [0.2, 0.25) is 0 Å². The lowest BCUT2D eigenvalue weighted by Gasteiger charge is -2.13. The molecular weight excluding hydrogens is 242 g/mol.